The summed E-state index contributed by atoms with van der Waals surface area (Å²) in [5.41, 5.74) is 0. The maximum atomic E-state index is 5.83. The third-order valence-electron chi connectivity index (χ3n) is 3.47. The summed E-state index contributed by atoms with van der Waals surface area (Å²) < 4.78 is 11.1. The van der Waals surface area contributed by atoms with Crippen molar-refractivity contribution >= 4 is 29.5 Å². The van der Waals surface area contributed by atoms with Crippen LogP contribution in [0.3, 0.4) is 0 Å². The molecule has 0 aliphatic heterocycles. The fourth-order valence-corrected chi connectivity index (χ4v) is 4.20. The number of methoxy groups -OCH3 is 1. The van der Waals surface area contributed by atoms with Crippen molar-refractivity contribution in [3.63, 3.8) is 0 Å². The minimum absolute atomic E-state index is 0.821. The fourth-order valence-electron chi connectivity index (χ4n) is 2.45. The Bertz CT molecular complexity index is 732. The van der Waals surface area contributed by atoms with Crippen LogP contribution in [0.5, 0.6) is 5.75 Å². The molecule has 0 radical (unpaired) electrons. The van der Waals surface area contributed by atoms with Gasteiger partial charge in [-0.25, -0.2) is 0 Å². The van der Waals surface area contributed by atoms with Crippen LogP contribution in [0.15, 0.2) is 66.7 Å². The molecule has 1 atom stereocenters. The molecule has 106 valence electrons. The molecule has 0 spiro atoms. The van der Waals surface area contributed by atoms with Gasteiger partial charge in [0.1, 0.15) is 5.75 Å². The third-order valence-corrected chi connectivity index (χ3v) is 5.43. The lowest BCUT2D eigenvalue weighted by Gasteiger charge is -2.18. The van der Waals surface area contributed by atoms with Gasteiger partial charge in [-0.2, -0.15) is 0 Å². The van der Waals surface area contributed by atoms with E-state index in [1.165, 1.54) is 21.4 Å². The topological polar surface area (TPSA) is 18.5 Å². The van der Waals surface area contributed by atoms with E-state index in [0.29, 0.717) is 0 Å². The van der Waals surface area contributed by atoms with Gasteiger partial charge >= 0.3 is 0 Å². The van der Waals surface area contributed by atoms with E-state index in [2.05, 4.69) is 54.6 Å². The predicted molar refractivity (Wildman–Crippen MR) is 90.1 cm³/mol. The molecule has 0 saturated carbocycles. The molecule has 21 heavy (non-hydrogen) atoms. The first kappa shape index (κ1) is 14.1. The van der Waals surface area contributed by atoms with Gasteiger partial charge in [-0.3, -0.25) is 0 Å². The van der Waals surface area contributed by atoms with Gasteiger partial charge in [0, 0.05) is 17.7 Å². The van der Waals surface area contributed by atoms with Crippen molar-refractivity contribution < 1.29 is 9.26 Å². The van der Waals surface area contributed by atoms with E-state index in [0.717, 1.165) is 5.75 Å². The van der Waals surface area contributed by atoms with Crippen LogP contribution in [0.1, 0.15) is 0 Å². The molecular formula is C18H17O2P. The summed E-state index contributed by atoms with van der Waals surface area (Å²) in [4.78, 5) is 0. The van der Waals surface area contributed by atoms with Crippen molar-refractivity contribution in [2.75, 3.05) is 14.2 Å². The molecule has 0 heterocycles. The monoisotopic (exact) mass is 296 g/mol. The van der Waals surface area contributed by atoms with E-state index in [-0.39, 0.29) is 0 Å². The lowest BCUT2D eigenvalue weighted by molar-refractivity contribution is 0.415. The zero-order chi connectivity index (χ0) is 14.7. The molecule has 1 unspecified atom stereocenters. The van der Waals surface area contributed by atoms with Gasteiger partial charge in [-0.1, -0.05) is 42.5 Å². The quantitative estimate of drug-likeness (QED) is 0.681. The molecule has 2 nitrogen and oxygen atoms in total. The van der Waals surface area contributed by atoms with Gasteiger partial charge in [-0.05, 0) is 35.0 Å². The van der Waals surface area contributed by atoms with Crippen LogP contribution < -0.4 is 15.3 Å². The van der Waals surface area contributed by atoms with E-state index in [4.69, 9.17) is 9.26 Å². The van der Waals surface area contributed by atoms with Crippen LogP contribution in [-0.2, 0) is 4.52 Å². The largest absolute Gasteiger partial charge is 0.497 e. The molecule has 0 bridgehead atoms. The molecule has 3 aromatic rings. The van der Waals surface area contributed by atoms with Crippen LogP contribution in [0.4, 0.5) is 0 Å². The maximum Gasteiger partial charge on any atom is 0.118 e. The predicted octanol–water partition coefficient (Wildman–Crippen LogP) is 3.84. The van der Waals surface area contributed by atoms with Crippen molar-refractivity contribution in [1.29, 1.82) is 0 Å². The number of hydrogen-bond acceptors (Lipinski definition) is 2. The highest BCUT2D eigenvalue weighted by atomic mass is 31.1. The minimum atomic E-state index is -0.821. The van der Waals surface area contributed by atoms with Gasteiger partial charge in [0.2, 0.25) is 0 Å². The zero-order valence-corrected chi connectivity index (χ0v) is 13.0. The van der Waals surface area contributed by atoms with Crippen LogP contribution >= 0.6 is 8.15 Å². The van der Waals surface area contributed by atoms with Crippen molar-refractivity contribution in [2.24, 2.45) is 0 Å². The fraction of sp³-hybridized carbons (Fsp3) is 0.111. The summed E-state index contributed by atoms with van der Waals surface area (Å²) in [6, 6.07) is 22.9. The van der Waals surface area contributed by atoms with Gasteiger partial charge in [0.05, 0.1) is 15.3 Å². The number of fused-ring (bicyclic) bond motifs is 1. The first-order chi connectivity index (χ1) is 10.3. The number of benzene rings is 3. The van der Waals surface area contributed by atoms with Crippen LogP contribution in [0.2, 0.25) is 0 Å². The SMILES string of the molecule is COc1ccc(P(OC)c2cccc3ccccc23)cc1. The first-order valence-electron chi connectivity index (χ1n) is 6.79. The third kappa shape index (κ3) is 2.78. The van der Waals surface area contributed by atoms with E-state index in [9.17, 15) is 0 Å². The normalized spacial score (nSPS) is 12.3. The molecule has 0 N–H and O–H groups in total. The molecule has 0 amide bonds. The van der Waals surface area contributed by atoms with Crippen LogP contribution in [0, 0.1) is 0 Å². The average Bonchev–Trinajstić information content (AvgIpc) is 2.56. The van der Waals surface area contributed by atoms with Crippen LogP contribution in [0.25, 0.3) is 10.8 Å². The van der Waals surface area contributed by atoms with Crippen LogP contribution in [-0.4, -0.2) is 14.2 Å². The summed E-state index contributed by atoms with van der Waals surface area (Å²) >= 11 is 0. The van der Waals surface area contributed by atoms with Gasteiger partial charge in [0.15, 0.2) is 0 Å². The Morgan fingerprint density at radius 1 is 0.762 bits per heavy atom. The second-order valence-corrected chi connectivity index (χ2v) is 6.63. The second-order valence-electron chi connectivity index (χ2n) is 4.67. The van der Waals surface area contributed by atoms with Gasteiger partial charge in [0.25, 0.3) is 0 Å². The molecule has 3 heteroatoms. The van der Waals surface area contributed by atoms with Crippen molar-refractivity contribution in [1.82, 2.24) is 0 Å². The molecule has 0 saturated heterocycles. The summed E-state index contributed by atoms with van der Waals surface area (Å²) in [5.74, 6) is 0.864. The molecule has 3 aromatic carbocycles. The molecular weight excluding hydrogens is 279 g/mol. The molecule has 0 aromatic heterocycles. The smallest absolute Gasteiger partial charge is 0.118 e. The lowest BCUT2D eigenvalue weighted by Crippen LogP contribution is -2.13. The Morgan fingerprint density at radius 3 is 2.19 bits per heavy atom. The average molecular weight is 296 g/mol. The van der Waals surface area contributed by atoms with Gasteiger partial charge < -0.3 is 9.26 Å². The Kier molecular flexibility index (Phi) is 4.19. The Balaban J connectivity index is 2.09. The second kappa shape index (κ2) is 6.26. The summed E-state index contributed by atoms with van der Waals surface area (Å²) in [6.45, 7) is 0. The number of hydrogen-bond donors (Lipinski definition) is 0. The highest BCUT2D eigenvalue weighted by Crippen LogP contribution is 2.36. The standard InChI is InChI=1S/C18H17O2P/c1-19-15-10-12-16(13-11-15)21(20-2)18-9-5-7-14-6-3-4-8-17(14)18/h3-13H,1-2H3. The van der Waals surface area contributed by atoms with E-state index >= 15 is 0 Å². The van der Waals surface area contributed by atoms with Crippen molar-refractivity contribution in [2.45, 2.75) is 0 Å². The first-order valence-corrected chi connectivity index (χ1v) is 8.05. The Morgan fingerprint density at radius 2 is 1.48 bits per heavy atom. The molecule has 3 rings (SSSR count). The highest BCUT2D eigenvalue weighted by molar-refractivity contribution is 7.69. The maximum absolute atomic E-state index is 5.83. The molecule has 0 fully saturated rings. The molecule has 0 aliphatic rings. The number of ether oxygens (including phenoxy) is 1. The number of rotatable bonds is 4. The highest BCUT2D eigenvalue weighted by Gasteiger charge is 2.16. The Labute approximate surface area is 126 Å². The summed E-state index contributed by atoms with van der Waals surface area (Å²) in [6.07, 6.45) is 0. The van der Waals surface area contributed by atoms with Crippen molar-refractivity contribution in [3.05, 3.63) is 66.7 Å². The minimum Gasteiger partial charge on any atom is -0.497 e. The van der Waals surface area contributed by atoms with E-state index < -0.39 is 8.15 Å². The van der Waals surface area contributed by atoms with Crippen molar-refractivity contribution in [3.8, 4) is 5.75 Å². The van der Waals surface area contributed by atoms with Gasteiger partial charge in [-0.15, -0.1) is 0 Å². The Hall–Kier alpha value is -1.89. The molecule has 0 aliphatic carbocycles. The summed E-state index contributed by atoms with van der Waals surface area (Å²) in [5, 5.41) is 4.93. The van der Waals surface area contributed by atoms with E-state index in [1.54, 1.807) is 14.2 Å². The zero-order valence-electron chi connectivity index (χ0n) is 12.1. The lowest BCUT2D eigenvalue weighted by atomic mass is 10.1. The van der Waals surface area contributed by atoms with E-state index in [1.807, 2.05) is 12.1 Å². The summed E-state index contributed by atoms with van der Waals surface area (Å²) in [7, 11) is 2.63.